The number of alkyl halides is 1. The van der Waals surface area contributed by atoms with Crippen molar-refractivity contribution in [3.8, 4) is 6.07 Å². The average molecular weight is 154 g/mol. The third-order valence-corrected chi connectivity index (χ3v) is 2.50. The maximum absolute atomic E-state index is 13.0. The highest BCUT2D eigenvalue weighted by molar-refractivity contribution is 5.14. The molecule has 2 rings (SSSR count). The number of halogens is 1. The van der Waals surface area contributed by atoms with E-state index in [2.05, 4.69) is 17.8 Å². The lowest BCUT2D eigenvalue weighted by Gasteiger charge is -1.85. The zero-order chi connectivity index (χ0) is 7.95. The molecule has 0 atom stereocenters. The van der Waals surface area contributed by atoms with Gasteiger partial charge in [0.1, 0.15) is 5.41 Å². The lowest BCUT2D eigenvalue weighted by atomic mass is 10.2. The minimum absolute atomic E-state index is 0.214. The van der Waals surface area contributed by atoms with E-state index < -0.39 is 5.67 Å². The minimum atomic E-state index is -0.932. The zero-order valence-electron chi connectivity index (χ0n) is 6.86. The number of hydrogen-bond donors (Lipinski definition) is 0. The van der Waals surface area contributed by atoms with E-state index in [0.29, 0.717) is 19.4 Å². The van der Waals surface area contributed by atoms with Crippen LogP contribution >= 0.6 is 0 Å². The second-order valence-electron chi connectivity index (χ2n) is 4.14. The second-order valence-corrected chi connectivity index (χ2v) is 4.14. The average Bonchev–Trinajstić information content (AvgIpc) is 2.78. The maximum Gasteiger partial charge on any atom is 0.296 e. The number of hydrogen-bond acceptors (Lipinski definition) is 0. The van der Waals surface area contributed by atoms with Crippen LogP contribution in [0.3, 0.4) is 0 Å². The van der Waals surface area contributed by atoms with Crippen molar-refractivity contribution in [2.24, 2.45) is 5.41 Å². The van der Waals surface area contributed by atoms with E-state index in [-0.39, 0.29) is 5.41 Å². The quantitative estimate of drug-likeness (QED) is 0.547. The molecule has 0 aliphatic heterocycles. The van der Waals surface area contributed by atoms with Gasteiger partial charge in [-0.15, -0.1) is 0 Å². The molecule has 0 amide bonds. The summed E-state index contributed by atoms with van der Waals surface area (Å²) < 4.78 is 13.0. The van der Waals surface area contributed by atoms with Crippen molar-refractivity contribution in [3.05, 3.63) is 4.85 Å². The van der Waals surface area contributed by atoms with Crippen molar-refractivity contribution >= 4 is 0 Å². The summed E-state index contributed by atoms with van der Waals surface area (Å²) in [6.07, 6.45) is 3.76. The van der Waals surface area contributed by atoms with Crippen molar-refractivity contribution in [1.29, 1.82) is 0 Å². The van der Waals surface area contributed by atoms with E-state index in [1.807, 2.05) is 0 Å². The van der Waals surface area contributed by atoms with Gasteiger partial charge < -0.3 is 0 Å². The third kappa shape index (κ3) is 1.71. The van der Waals surface area contributed by atoms with Crippen LogP contribution in [0.1, 0.15) is 32.6 Å². The Labute approximate surface area is 66.4 Å². The summed E-state index contributed by atoms with van der Waals surface area (Å²) in [5.74, 6) is 0. The fourth-order valence-corrected chi connectivity index (χ4v) is 0.965. The van der Waals surface area contributed by atoms with Gasteiger partial charge in [-0.2, -0.15) is 0 Å². The molecule has 0 aromatic carbocycles. The molecule has 2 aliphatic rings. The fraction of sp³-hybridized carbons (Fsp3) is 0.889. The number of nitrogens with zero attached hydrogens (tertiary/aromatic N) is 1. The van der Waals surface area contributed by atoms with Crippen LogP contribution in [-0.2, 0) is 0 Å². The van der Waals surface area contributed by atoms with Gasteiger partial charge in [-0.1, -0.05) is 4.85 Å². The molecule has 2 saturated carbocycles. The van der Waals surface area contributed by atoms with Crippen LogP contribution in [0.15, 0.2) is 0 Å². The van der Waals surface area contributed by atoms with Gasteiger partial charge in [0.05, 0.1) is 0 Å². The molecule has 0 radical (unpaired) electrons. The molecule has 0 saturated heterocycles. The smallest absolute Gasteiger partial charge is 0.235 e. The predicted octanol–water partition coefficient (Wildman–Crippen LogP) is 2.62. The van der Waals surface area contributed by atoms with Crippen LogP contribution in [-0.4, -0.2) is 12.2 Å². The Morgan fingerprint density at radius 2 is 2.00 bits per heavy atom. The third-order valence-electron chi connectivity index (χ3n) is 2.50. The highest BCUT2D eigenvalue weighted by Gasteiger charge is 2.49. The summed E-state index contributed by atoms with van der Waals surface area (Å²) in [7, 11) is 0. The molecule has 2 fully saturated rings. The van der Waals surface area contributed by atoms with Gasteiger partial charge in [0.15, 0.2) is 5.67 Å². The first-order valence-corrected chi connectivity index (χ1v) is 4.25. The molecule has 0 heterocycles. The van der Waals surface area contributed by atoms with Crippen LogP contribution in [0.4, 0.5) is 4.39 Å². The lowest BCUT2D eigenvalue weighted by Crippen LogP contribution is -2.02. The van der Waals surface area contributed by atoms with Crippen molar-refractivity contribution in [2.45, 2.75) is 38.3 Å². The van der Waals surface area contributed by atoms with E-state index in [1.165, 1.54) is 12.8 Å². The topological polar surface area (TPSA) is 4.36 Å². The second kappa shape index (κ2) is 1.97. The standard InChI is InChI=1S/C9H13FN/c1-8(2-3-8)6-11-7-9(10)4-5-9/h2-5,7H2,1H3/q+1. The molecule has 0 bridgehead atoms. The highest BCUT2D eigenvalue weighted by Crippen LogP contribution is 2.45. The summed E-state index contributed by atoms with van der Waals surface area (Å²) in [4.78, 5) is 4.01. The summed E-state index contributed by atoms with van der Waals surface area (Å²) in [6, 6.07) is 3.01. The van der Waals surface area contributed by atoms with Crippen LogP contribution in [0.2, 0.25) is 0 Å². The summed E-state index contributed by atoms with van der Waals surface area (Å²) >= 11 is 0. The van der Waals surface area contributed by atoms with E-state index in [9.17, 15) is 4.39 Å². The predicted molar refractivity (Wildman–Crippen MR) is 42.5 cm³/mol. The SMILES string of the molecule is CC1(C#[N+]CC2(F)CC2)CC1. The van der Waals surface area contributed by atoms with E-state index in [0.717, 1.165) is 0 Å². The van der Waals surface area contributed by atoms with Gasteiger partial charge in [-0.3, -0.25) is 0 Å². The first-order chi connectivity index (χ1) is 5.12. The Bertz CT molecular complexity index is 228. The summed E-state index contributed by atoms with van der Waals surface area (Å²) in [5.41, 5.74) is -0.719. The van der Waals surface area contributed by atoms with Gasteiger partial charge in [-0.05, 0) is 32.6 Å². The summed E-state index contributed by atoms with van der Waals surface area (Å²) in [5, 5.41) is 0. The molecule has 0 spiro atoms. The van der Waals surface area contributed by atoms with E-state index in [4.69, 9.17) is 0 Å². The van der Waals surface area contributed by atoms with Crippen molar-refractivity contribution in [1.82, 2.24) is 0 Å². The molecule has 2 heteroatoms. The van der Waals surface area contributed by atoms with Crippen molar-refractivity contribution < 1.29 is 4.39 Å². The molecule has 1 nitrogen and oxygen atoms in total. The molecule has 0 N–H and O–H groups in total. The van der Waals surface area contributed by atoms with Gasteiger partial charge in [0.25, 0.3) is 12.6 Å². The molecule has 0 aromatic rings. The van der Waals surface area contributed by atoms with Gasteiger partial charge >= 0.3 is 0 Å². The van der Waals surface area contributed by atoms with Crippen molar-refractivity contribution in [3.63, 3.8) is 0 Å². The Morgan fingerprint density at radius 1 is 1.36 bits per heavy atom. The molecular weight excluding hydrogens is 141 g/mol. The van der Waals surface area contributed by atoms with Crippen LogP contribution in [0.5, 0.6) is 0 Å². The van der Waals surface area contributed by atoms with E-state index in [1.54, 1.807) is 0 Å². The van der Waals surface area contributed by atoms with Crippen molar-refractivity contribution in [2.75, 3.05) is 6.54 Å². The Kier molecular flexibility index (Phi) is 1.27. The van der Waals surface area contributed by atoms with Gasteiger partial charge in [0, 0.05) is 0 Å². The van der Waals surface area contributed by atoms with E-state index >= 15 is 0 Å². The maximum atomic E-state index is 13.0. The monoisotopic (exact) mass is 154 g/mol. The molecule has 0 unspecified atom stereocenters. The minimum Gasteiger partial charge on any atom is -0.235 e. The first-order valence-electron chi connectivity index (χ1n) is 4.25. The molecule has 0 aromatic heterocycles. The normalized spacial score (nSPS) is 28.5. The molecular formula is C9H13FN+. The van der Waals surface area contributed by atoms with Gasteiger partial charge in [-0.25, -0.2) is 4.39 Å². The Balaban J connectivity index is 1.83. The van der Waals surface area contributed by atoms with Crippen LogP contribution in [0.25, 0.3) is 4.85 Å². The first kappa shape index (κ1) is 7.09. The Morgan fingerprint density at radius 3 is 2.45 bits per heavy atom. The molecule has 60 valence electrons. The number of rotatable bonds is 1. The highest BCUT2D eigenvalue weighted by atomic mass is 19.1. The largest absolute Gasteiger partial charge is 0.296 e. The van der Waals surface area contributed by atoms with Crippen LogP contribution in [0, 0.1) is 11.5 Å². The molecule has 11 heavy (non-hydrogen) atoms. The summed E-state index contributed by atoms with van der Waals surface area (Å²) in [6.45, 7) is 2.47. The van der Waals surface area contributed by atoms with Gasteiger partial charge in [0.2, 0.25) is 0 Å². The molecule has 2 aliphatic carbocycles. The van der Waals surface area contributed by atoms with Crippen LogP contribution < -0.4 is 0 Å². The zero-order valence-corrected chi connectivity index (χ0v) is 6.86. The Hall–Kier alpha value is -0.580. The lowest BCUT2D eigenvalue weighted by molar-refractivity contribution is 0.332. The fourth-order valence-electron chi connectivity index (χ4n) is 0.965.